The molecule has 0 aliphatic heterocycles. The molecule has 0 aromatic carbocycles. The third-order valence-electron chi connectivity index (χ3n) is 2.38. The Balaban J connectivity index is 2.97. The number of aromatic nitrogens is 3. The molecule has 2 aromatic heterocycles. The first-order chi connectivity index (χ1) is 6.65. The molecule has 74 valence electrons. The van der Waals surface area contributed by atoms with Crippen LogP contribution in [0, 0.1) is 6.92 Å². The van der Waals surface area contributed by atoms with Crippen molar-refractivity contribution in [1.29, 1.82) is 0 Å². The number of hydrogen-bond donors (Lipinski definition) is 2. The van der Waals surface area contributed by atoms with Gasteiger partial charge >= 0.3 is 0 Å². The van der Waals surface area contributed by atoms with E-state index < -0.39 is 0 Å². The van der Waals surface area contributed by atoms with Crippen LogP contribution in [0.2, 0.25) is 0 Å². The van der Waals surface area contributed by atoms with Gasteiger partial charge in [-0.25, -0.2) is 0 Å². The van der Waals surface area contributed by atoms with Gasteiger partial charge in [0.1, 0.15) is 5.39 Å². The molecule has 0 bridgehead atoms. The number of rotatable bonds is 1. The highest BCUT2D eigenvalue weighted by molar-refractivity contribution is 5.87. The topological polar surface area (TPSA) is 76.7 Å². The van der Waals surface area contributed by atoms with E-state index in [1.54, 1.807) is 4.57 Å². The van der Waals surface area contributed by atoms with Gasteiger partial charge in [0.05, 0.1) is 5.52 Å². The average molecular weight is 192 g/mol. The summed E-state index contributed by atoms with van der Waals surface area (Å²) in [5, 5.41) is 7.03. The molecule has 0 saturated carbocycles. The molecule has 2 heterocycles. The Bertz CT molecular complexity index is 537. The second-order valence-corrected chi connectivity index (χ2v) is 3.23. The minimum absolute atomic E-state index is 0.0752. The number of hydrogen-bond acceptors (Lipinski definition) is 3. The van der Waals surface area contributed by atoms with E-state index in [1.165, 1.54) is 0 Å². The molecule has 0 radical (unpaired) electrons. The van der Waals surface area contributed by atoms with E-state index in [4.69, 9.17) is 5.73 Å². The number of nitrogens with two attached hydrogens (primary N) is 1. The van der Waals surface area contributed by atoms with E-state index in [0.717, 1.165) is 5.69 Å². The number of H-pyrrole nitrogens is 1. The number of pyridine rings is 1. The number of aromatic amines is 1. The van der Waals surface area contributed by atoms with Gasteiger partial charge in [-0.1, -0.05) is 0 Å². The van der Waals surface area contributed by atoms with Gasteiger partial charge in [0, 0.05) is 12.2 Å². The van der Waals surface area contributed by atoms with Crippen molar-refractivity contribution in [3.05, 3.63) is 22.1 Å². The van der Waals surface area contributed by atoms with Crippen LogP contribution in [0.4, 0.5) is 5.82 Å². The first kappa shape index (κ1) is 8.80. The quantitative estimate of drug-likeness (QED) is 0.695. The largest absolute Gasteiger partial charge is 0.382 e. The first-order valence-electron chi connectivity index (χ1n) is 4.49. The monoisotopic (exact) mass is 192 g/mol. The molecule has 0 atom stereocenters. The zero-order valence-electron chi connectivity index (χ0n) is 8.16. The summed E-state index contributed by atoms with van der Waals surface area (Å²) >= 11 is 0. The molecule has 3 N–H and O–H groups in total. The van der Waals surface area contributed by atoms with Gasteiger partial charge in [-0.2, -0.15) is 5.10 Å². The molecule has 14 heavy (non-hydrogen) atoms. The van der Waals surface area contributed by atoms with Crippen molar-refractivity contribution in [2.45, 2.75) is 20.4 Å². The number of aryl methyl sites for hydroxylation is 1. The SMILES string of the molecule is CCn1c(C)cc2[nH]nc(N)c2c1=O. The maximum atomic E-state index is 11.9. The van der Waals surface area contributed by atoms with Crippen LogP contribution in [0.3, 0.4) is 0 Å². The Morgan fingerprint density at radius 1 is 1.64 bits per heavy atom. The van der Waals surface area contributed by atoms with Crippen molar-refractivity contribution in [3.8, 4) is 0 Å². The summed E-state index contributed by atoms with van der Waals surface area (Å²) in [6.45, 7) is 4.46. The van der Waals surface area contributed by atoms with Crippen LogP contribution in [0.1, 0.15) is 12.6 Å². The fourth-order valence-electron chi connectivity index (χ4n) is 1.67. The minimum Gasteiger partial charge on any atom is -0.382 e. The molecule has 0 fully saturated rings. The smallest absolute Gasteiger partial charge is 0.263 e. The molecule has 5 heteroatoms. The Kier molecular flexibility index (Phi) is 1.80. The zero-order valence-corrected chi connectivity index (χ0v) is 8.16. The van der Waals surface area contributed by atoms with E-state index in [1.807, 2.05) is 19.9 Å². The highest BCUT2D eigenvalue weighted by Crippen LogP contribution is 2.14. The summed E-state index contributed by atoms with van der Waals surface area (Å²) in [5.41, 5.74) is 7.13. The number of fused-ring (bicyclic) bond motifs is 1. The van der Waals surface area contributed by atoms with Gasteiger partial charge in [-0.3, -0.25) is 9.89 Å². The lowest BCUT2D eigenvalue weighted by Gasteiger charge is -2.06. The lowest BCUT2D eigenvalue weighted by atomic mass is 10.2. The Labute approximate surface area is 80.5 Å². The lowest BCUT2D eigenvalue weighted by Crippen LogP contribution is -2.21. The number of nitrogens with zero attached hydrogens (tertiary/aromatic N) is 2. The highest BCUT2D eigenvalue weighted by atomic mass is 16.1. The van der Waals surface area contributed by atoms with E-state index >= 15 is 0 Å². The molecule has 2 rings (SSSR count). The maximum absolute atomic E-state index is 11.9. The van der Waals surface area contributed by atoms with Crippen molar-refractivity contribution in [2.24, 2.45) is 0 Å². The van der Waals surface area contributed by atoms with E-state index in [9.17, 15) is 4.79 Å². The molecule has 0 aliphatic rings. The summed E-state index contributed by atoms with van der Waals surface area (Å²) in [6, 6.07) is 1.88. The van der Waals surface area contributed by atoms with Crippen LogP contribution >= 0.6 is 0 Å². The van der Waals surface area contributed by atoms with Gasteiger partial charge in [-0.15, -0.1) is 0 Å². The Morgan fingerprint density at radius 2 is 2.36 bits per heavy atom. The van der Waals surface area contributed by atoms with Crippen LogP contribution in [0.15, 0.2) is 10.9 Å². The molecular weight excluding hydrogens is 180 g/mol. The van der Waals surface area contributed by atoms with Crippen LogP contribution in [0.5, 0.6) is 0 Å². The van der Waals surface area contributed by atoms with Crippen LogP contribution < -0.4 is 11.3 Å². The van der Waals surface area contributed by atoms with Crippen LogP contribution in [-0.2, 0) is 6.54 Å². The zero-order chi connectivity index (χ0) is 10.3. The summed E-state index contributed by atoms with van der Waals surface area (Å²) in [6.07, 6.45) is 0. The van der Waals surface area contributed by atoms with Crippen molar-refractivity contribution < 1.29 is 0 Å². The van der Waals surface area contributed by atoms with Crippen molar-refractivity contribution in [3.63, 3.8) is 0 Å². The summed E-state index contributed by atoms with van der Waals surface area (Å²) in [4.78, 5) is 11.9. The predicted molar refractivity (Wildman–Crippen MR) is 55.2 cm³/mol. The van der Waals surface area contributed by atoms with E-state index in [2.05, 4.69) is 10.2 Å². The van der Waals surface area contributed by atoms with E-state index in [0.29, 0.717) is 17.4 Å². The van der Waals surface area contributed by atoms with Crippen molar-refractivity contribution >= 4 is 16.7 Å². The third kappa shape index (κ3) is 1.02. The number of anilines is 1. The second-order valence-electron chi connectivity index (χ2n) is 3.23. The minimum atomic E-state index is -0.0752. The molecule has 2 aromatic rings. The Hall–Kier alpha value is -1.78. The lowest BCUT2D eigenvalue weighted by molar-refractivity contribution is 0.708. The molecule has 0 saturated heterocycles. The van der Waals surface area contributed by atoms with Gasteiger partial charge in [0.25, 0.3) is 5.56 Å². The second kappa shape index (κ2) is 2.87. The fourth-order valence-corrected chi connectivity index (χ4v) is 1.67. The van der Waals surface area contributed by atoms with Gasteiger partial charge in [0.2, 0.25) is 0 Å². The maximum Gasteiger partial charge on any atom is 0.263 e. The van der Waals surface area contributed by atoms with Crippen LogP contribution in [0.25, 0.3) is 10.9 Å². The predicted octanol–water partition coefficient (Wildman–Crippen LogP) is 0.635. The summed E-state index contributed by atoms with van der Waals surface area (Å²) in [7, 11) is 0. The molecule has 0 amide bonds. The first-order valence-corrected chi connectivity index (χ1v) is 4.49. The molecular formula is C9H12N4O. The van der Waals surface area contributed by atoms with Crippen molar-refractivity contribution in [1.82, 2.24) is 14.8 Å². The molecule has 0 unspecified atom stereocenters. The van der Waals surface area contributed by atoms with E-state index in [-0.39, 0.29) is 11.4 Å². The summed E-state index contributed by atoms with van der Waals surface area (Å²) < 4.78 is 1.67. The summed E-state index contributed by atoms with van der Waals surface area (Å²) in [5.74, 6) is 0.271. The van der Waals surface area contributed by atoms with Crippen molar-refractivity contribution in [2.75, 3.05) is 5.73 Å². The number of nitrogen functional groups attached to an aromatic ring is 1. The average Bonchev–Trinajstić information content (AvgIpc) is 2.48. The van der Waals surface area contributed by atoms with Gasteiger partial charge in [0.15, 0.2) is 5.82 Å². The molecule has 0 aliphatic carbocycles. The fraction of sp³-hybridized carbons (Fsp3) is 0.333. The standard InChI is InChI=1S/C9H12N4O/c1-3-13-5(2)4-6-7(9(13)14)8(10)12-11-6/h4H,3H2,1-2H3,(H3,10,11,12). The van der Waals surface area contributed by atoms with Gasteiger partial charge < -0.3 is 10.3 Å². The third-order valence-corrected chi connectivity index (χ3v) is 2.38. The van der Waals surface area contributed by atoms with Crippen LogP contribution in [-0.4, -0.2) is 14.8 Å². The Morgan fingerprint density at radius 3 is 3.00 bits per heavy atom. The molecule has 5 nitrogen and oxygen atoms in total. The normalized spacial score (nSPS) is 11.0. The number of nitrogens with one attached hydrogen (secondary N) is 1. The highest BCUT2D eigenvalue weighted by Gasteiger charge is 2.10. The van der Waals surface area contributed by atoms with Gasteiger partial charge in [-0.05, 0) is 19.9 Å². The molecule has 0 spiro atoms.